The van der Waals surface area contributed by atoms with Gasteiger partial charge in [-0.15, -0.1) is 17.5 Å². The minimum Gasteiger partial charge on any atom is -0.337 e. The number of hydrogen-bond donors (Lipinski definition) is 1. The van der Waals surface area contributed by atoms with Crippen molar-refractivity contribution >= 4 is 18.3 Å². The number of likely N-dealkylation sites (tertiary alicyclic amines) is 1. The number of halogens is 2. The fourth-order valence-corrected chi connectivity index (χ4v) is 2.91. The second kappa shape index (κ2) is 8.92. The molecular formula is C17H23ClFN5O. The van der Waals surface area contributed by atoms with E-state index in [-0.39, 0.29) is 24.1 Å². The van der Waals surface area contributed by atoms with Gasteiger partial charge in [0, 0.05) is 13.1 Å². The molecule has 1 saturated heterocycles. The van der Waals surface area contributed by atoms with E-state index in [9.17, 15) is 9.18 Å². The summed E-state index contributed by atoms with van der Waals surface area (Å²) in [5, 5.41) is 11.7. The lowest BCUT2D eigenvalue weighted by Crippen LogP contribution is -2.41. The van der Waals surface area contributed by atoms with E-state index < -0.39 is 0 Å². The quantitative estimate of drug-likeness (QED) is 0.880. The molecule has 8 heteroatoms. The summed E-state index contributed by atoms with van der Waals surface area (Å²) in [6.07, 6.45) is 3.48. The zero-order valence-corrected chi connectivity index (χ0v) is 15.0. The van der Waals surface area contributed by atoms with Crippen LogP contribution in [0.25, 0.3) is 5.69 Å². The Kier molecular flexibility index (Phi) is 6.90. The van der Waals surface area contributed by atoms with Crippen molar-refractivity contribution in [3.05, 3.63) is 42.0 Å². The van der Waals surface area contributed by atoms with Crippen molar-refractivity contribution in [3.8, 4) is 5.69 Å². The summed E-state index contributed by atoms with van der Waals surface area (Å²) in [5.74, 6) is 0.219. The molecule has 25 heavy (non-hydrogen) atoms. The Balaban J connectivity index is 0.00000225. The first-order valence-corrected chi connectivity index (χ1v) is 8.35. The van der Waals surface area contributed by atoms with Gasteiger partial charge >= 0.3 is 0 Å². The summed E-state index contributed by atoms with van der Waals surface area (Å²) in [7, 11) is 0. The second-order valence-electron chi connectivity index (χ2n) is 6.04. The maximum Gasteiger partial charge on any atom is 0.276 e. The van der Waals surface area contributed by atoms with Crippen molar-refractivity contribution in [2.45, 2.75) is 19.8 Å². The molecule has 0 bridgehead atoms. The Labute approximate surface area is 152 Å². The second-order valence-corrected chi connectivity index (χ2v) is 6.04. The molecule has 3 rings (SSSR count). The van der Waals surface area contributed by atoms with Crippen molar-refractivity contribution in [2.75, 3.05) is 26.2 Å². The molecule has 0 unspecified atom stereocenters. The molecule has 0 spiro atoms. The third-order valence-electron chi connectivity index (χ3n) is 4.35. The van der Waals surface area contributed by atoms with Gasteiger partial charge in [-0.05, 0) is 56.1 Å². The van der Waals surface area contributed by atoms with Crippen LogP contribution in [0.4, 0.5) is 4.39 Å². The lowest BCUT2D eigenvalue weighted by atomic mass is 9.96. The van der Waals surface area contributed by atoms with E-state index in [1.165, 1.54) is 23.1 Å². The largest absolute Gasteiger partial charge is 0.337 e. The summed E-state index contributed by atoms with van der Waals surface area (Å²) in [6, 6.07) is 5.84. The molecule has 2 aromatic rings. The summed E-state index contributed by atoms with van der Waals surface area (Å²) in [4.78, 5) is 15.7. The molecule has 6 nitrogen and oxygen atoms in total. The highest BCUT2D eigenvalue weighted by Gasteiger charge is 2.25. The van der Waals surface area contributed by atoms with Crippen LogP contribution >= 0.6 is 12.4 Å². The fourth-order valence-electron chi connectivity index (χ4n) is 2.91. The van der Waals surface area contributed by atoms with Gasteiger partial charge in [-0.3, -0.25) is 4.79 Å². The average Bonchev–Trinajstić information content (AvgIpc) is 3.10. The molecule has 1 aliphatic heterocycles. The van der Waals surface area contributed by atoms with Crippen molar-refractivity contribution in [2.24, 2.45) is 5.92 Å². The van der Waals surface area contributed by atoms with E-state index in [1.54, 1.807) is 12.1 Å². The number of piperidine rings is 1. The Morgan fingerprint density at radius 2 is 1.96 bits per heavy atom. The first-order valence-electron chi connectivity index (χ1n) is 8.35. The minimum absolute atomic E-state index is 0. The molecule has 1 fully saturated rings. The zero-order chi connectivity index (χ0) is 16.9. The number of carbonyl (C=O) groups excluding carboxylic acids is 1. The van der Waals surface area contributed by atoms with Gasteiger partial charge in [-0.2, -0.15) is 9.90 Å². The van der Waals surface area contributed by atoms with E-state index in [4.69, 9.17) is 0 Å². The number of carbonyl (C=O) groups is 1. The van der Waals surface area contributed by atoms with Gasteiger partial charge < -0.3 is 10.2 Å². The number of rotatable bonds is 5. The summed E-state index contributed by atoms with van der Waals surface area (Å²) >= 11 is 0. The molecule has 136 valence electrons. The van der Waals surface area contributed by atoms with Gasteiger partial charge in [0.1, 0.15) is 5.82 Å². The SMILES string of the molecule is CCNCC1CCN(C(=O)c2cnn(-c3ccc(F)cc3)n2)CC1.Cl. The van der Waals surface area contributed by atoms with Crippen LogP contribution in [0, 0.1) is 11.7 Å². The number of nitrogens with zero attached hydrogens (tertiary/aromatic N) is 4. The summed E-state index contributed by atoms with van der Waals surface area (Å²) in [5.41, 5.74) is 0.948. The van der Waals surface area contributed by atoms with E-state index in [2.05, 4.69) is 22.4 Å². The van der Waals surface area contributed by atoms with Crippen LogP contribution in [-0.4, -0.2) is 52.0 Å². The van der Waals surface area contributed by atoms with Crippen LogP contribution in [0.1, 0.15) is 30.3 Å². The summed E-state index contributed by atoms with van der Waals surface area (Å²) in [6.45, 7) is 5.59. The van der Waals surface area contributed by atoms with E-state index >= 15 is 0 Å². The van der Waals surface area contributed by atoms with Gasteiger partial charge in [0.15, 0.2) is 5.69 Å². The molecule has 0 radical (unpaired) electrons. The average molecular weight is 368 g/mol. The molecular weight excluding hydrogens is 345 g/mol. The Bertz CT molecular complexity index is 683. The highest BCUT2D eigenvalue weighted by molar-refractivity contribution is 5.92. The molecule has 0 aliphatic carbocycles. The number of hydrogen-bond acceptors (Lipinski definition) is 4. The van der Waals surface area contributed by atoms with Gasteiger partial charge in [0.2, 0.25) is 0 Å². The van der Waals surface area contributed by atoms with Crippen LogP contribution in [0.2, 0.25) is 0 Å². The first-order chi connectivity index (χ1) is 11.7. The van der Waals surface area contributed by atoms with Gasteiger partial charge in [0.05, 0.1) is 11.9 Å². The number of amides is 1. The Morgan fingerprint density at radius 3 is 2.60 bits per heavy atom. The maximum atomic E-state index is 13.0. The molecule has 1 amide bonds. The first kappa shape index (κ1) is 19.3. The lowest BCUT2D eigenvalue weighted by molar-refractivity contribution is 0.0684. The molecule has 2 heterocycles. The smallest absolute Gasteiger partial charge is 0.276 e. The van der Waals surface area contributed by atoms with E-state index in [0.29, 0.717) is 17.3 Å². The predicted molar refractivity (Wildman–Crippen MR) is 95.7 cm³/mol. The van der Waals surface area contributed by atoms with Crippen LogP contribution in [-0.2, 0) is 0 Å². The van der Waals surface area contributed by atoms with Crippen LogP contribution in [0.5, 0.6) is 0 Å². The Hall–Kier alpha value is -1.99. The highest BCUT2D eigenvalue weighted by Crippen LogP contribution is 2.18. The predicted octanol–water partition coefficient (Wildman–Crippen LogP) is 2.29. The van der Waals surface area contributed by atoms with Crippen molar-refractivity contribution in [1.82, 2.24) is 25.2 Å². The van der Waals surface area contributed by atoms with Gasteiger partial charge in [-0.1, -0.05) is 6.92 Å². The van der Waals surface area contributed by atoms with E-state index in [0.717, 1.165) is 39.0 Å². The van der Waals surface area contributed by atoms with Crippen molar-refractivity contribution in [1.29, 1.82) is 0 Å². The molecule has 0 saturated carbocycles. The zero-order valence-electron chi connectivity index (χ0n) is 14.2. The molecule has 0 atom stereocenters. The number of aromatic nitrogens is 3. The molecule has 1 aromatic carbocycles. The molecule has 1 aromatic heterocycles. The van der Waals surface area contributed by atoms with Crippen molar-refractivity contribution in [3.63, 3.8) is 0 Å². The normalized spacial score (nSPS) is 15.0. The molecule has 1 N–H and O–H groups in total. The Morgan fingerprint density at radius 1 is 1.28 bits per heavy atom. The highest BCUT2D eigenvalue weighted by atomic mass is 35.5. The van der Waals surface area contributed by atoms with Crippen LogP contribution in [0.15, 0.2) is 30.5 Å². The number of nitrogens with one attached hydrogen (secondary N) is 1. The third kappa shape index (κ3) is 4.76. The van der Waals surface area contributed by atoms with Crippen molar-refractivity contribution < 1.29 is 9.18 Å². The fraction of sp³-hybridized carbons (Fsp3) is 0.471. The van der Waals surface area contributed by atoms with Crippen LogP contribution in [0.3, 0.4) is 0 Å². The molecule has 1 aliphatic rings. The van der Waals surface area contributed by atoms with Gasteiger partial charge in [-0.25, -0.2) is 4.39 Å². The minimum atomic E-state index is -0.317. The maximum absolute atomic E-state index is 13.0. The standard InChI is InChI=1S/C17H22FN5O.ClH/c1-2-19-11-13-7-9-22(10-8-13)17(24)16-12-20-23(21-16)15-5-3-14(18)4-6-15;/h3-6,12-13,19H,2,7-11H2,1H3;1H. The monoisotopic (exact) mass is 367 g/mol. The topological polar surface area (TPSA) is 63.1 Å². The third-order valence-corrected chi connectivity index (χ3v) is 4.35. The van der Waals surface area contributed by atoms with Crippen LogP contribution < -0.4 is 5.32 Å². The summed E-state index contributed by atoms with van der Waals surface area (Å²) < 4.78 is 13.0. The lowest BCUT2D eigenvalue weighted by Gasteiger charge is -2.31. The number of benzene rings is 1. The van der Waals surface area contributed by atoms with Gasteiger partial charge in [0.25, 0.3) is 5.91 Å². The van der Waals surface area contributed by atoms with E-state index in [1.807, 2.05) is 4.90 Å².